The Bertz CT molecular complexity index is 951. The number of hydrogen-bond donors (Lipinski definition) is 1. The second-order valence-corrected chi connectivity index (χ2v) is 6.99. The van der Waals surface area contributed by atoms with Crippen molar-refractivity contribution in [3.63, 3.8) is 0 Å². The van der Waals surface area contributed by atoms with E-state index in [0.29, 0.717) is 6.54 Å². The first-order valence-corrected chi connectivity index (χ1v) is 9.45. The number of nitro groups is 1. The number of non-ortho nitro benzene ring substituents is 1. The van der Waals surface area contributed by atoms with E-state index >= 15 is 0 Å². The molecule has 0 unspecified atom stereocenters. The van der Waals surface area contributed by atoms with Gasteiger partial charge in [0.2, 0.25) is 5.91 Å². The van der Waals surface area contributed by atoms with Crippen LogP contribution in [0, 0.1) is 10.1 Å². The zero-order valence-corrected chi connectivity index (χ0v) is 15.7. The molecule has 27 heavy (non-hydrogen) atoms. The highest BCUT2D eigenvalue weighted by Crippen LogP contribution is 2.30. The number of nitrogens with one attached hydrogen (secondary N) is 1. The van der Waals surface area contributed by atoms with Gasteiger partial charge in [-0.25, -0.2) is 4.98 Å². The predicted octanol–water partition coefficient (Wildman–Crippen LogP) is 4.45. The van der Waals surface area contributed by atoms with E-state index in [9.17, 15) is 14.9 Å². The van der Waals surface area contributed by atoms with Gasteiger partial charge in [0.25, 0.3) is 5.69 Å². The second-order valence-electron chi connectivity index (χ2n) is 6.13. The van der Waals surface area contributed by atoms with Crippen LogP contribution in [0.3, 0.4) is 0 Å². The number of amides is 1. The molecule has 3 rings (SSSR count). The van der Waals surface area contributed by atoms with E-state index in [1.54, 1.807) is 12.1 Å². The molecule has 0 saturated heterocycles. The number of benzene rings is 2. The highest BCUT2D eigenvalue weighted by atomic mass is 32.1. The Labute approximate surface area is 161 Å². The molecule has 1 heterocycles. The molecule has 6 nitrogen and oxygen atoms in total. The molecule has 0 aliphatic heterocycles. The van der Waals surface area contributed by atoms with Crippen molar-refractivity contribution in [1.29, 1.82) is 0 Å². The van der Waals surface area contributed by atoms with Crippen LogP contribution in [0.15, 0.2) is 53.9 Å². The van der Waals surface area contributed by atoms with Crippen molar-refractivity contribution in [2.75, 3.05) is 6.54 Å². The van der Waals surface area contributed by atoms with Gasteiger partial charge in [0.05, 0.1) is 10.6 Å². The first-order chi connectivity index (χ1) is 13.0. The molecule has 0 aliphatic rings. The Morgan fingerprint density at radius 2 is 1.96 bits per heavy atom. The van der Waals surface area contributed by atoms with Crippen LogP contribution in [0.2, 0.25) is 0 Å². The van der Waals surface area contributed by atoms with E-state index in [1.165, 1.54) is 29.9 Å². The predicted molar refractivity (Wildman–Crippen MR) is 107 cm³/mol. The Balaban J connectivity index is 1.68. The van der Waals surface area contributed by atoms with Crippen LogP contribution in [0.25, 0.3) is 21.8 Å². The van der Waals surface area contributed by atoms with E-state index in [-0.39, 0.29) is 11.6 Å². The molecule has 1 amide bonds. The molecular weight excluding hydrogens is 362 g/mol. The summed E-state index contributed by atoms with van der Waals surface area (Å²) < 4.78 is 0. The molecule has 0 saturated carbocycles. The minimum Gasteiger partial charge on any atom is -0.356 e. The van der Waals surface area contributed by atoms with Gasteiger partial charge >= 0.3 is 0 Å². The monoisotopic (exact) mass is 381 g/mol. The Morgan fingerprint density at radius 3 is 2.67 bits per heavy atom. The van der Waals surface area contributed by atoms with Crippen LogP contribution in [-0.4, -0.2) is 22.4 Å². The van der Waals surface area contributed by atoms with Crippen molar-refractivity contribution in [3.8, 4) is 21.8 Å². The van der Waals surface area contributed by atoms with Gasteiger partial charge < -0.3 is 5.32 Å². The van der Waals surface area contributed by atoms with Crippen LogP contribution in [-0.2, 0) is 11.2 Å². The number of nitro benzene ring substituents is 1. The maximum absolute atomic E-state index is 10.9. The number of hydrogen-bond acceptors (Lipinski definition) is 5. The summed E-state index contributed by atoms with van der Waals surface area (Å²) in [6, 6.07) is 14.7. The number of nitrogens with zero attached hydrogens (tertiary/aromatic N) is 2. The van der Waals surface area contributed by atoms with Gasteiger partial charge in [-0.05, 0) is 18.4 Å². The SMILES string of the molecule is CC(=O)NCCCc1ccc(-c2csc(-c3cccc([N+](=O)[O-])c3)n2)cc1. The number of carbonyl (C=O) groups excluding carboxylic acids is 1. The van der Waals surface area contributed by atoms with E-state index in [2.05, 4.69) is 22.4 Å². The number of aromatic nitrogens is 1. The third-order valence-electron chi connectivity index (χ3n) is 4.07. The first-order valence-electron chi connectivity index (χ1n) is 8.57. The number of aryl methyl sites for hydroxylation is 1. The summed E-state index contributed by atoms with van der Waals surface area (Å²) in [6.07, 6.45) is 1.79. The maximum atomic E-state index is 10.9. The third kappa shape index (κ3) is 4.98. The molecule has 0 spiro atoms. The van der Waals surface area contributed by atoms with Gasteiger partial charge in [-0.1, -0.05) is 36.4 Å². The number of thiazole rings is 1. The molecule has 2 aromatic carbocycles. The molecule has 7 heteroatoms. The summed E-state index contributed by atoms with van der Waals surface area (Å²) in [6.45, 7) is 2.19. The molecule has 1 aromatic heterocycles. The Hall–Kier alpha value is -3.06. The van der Waals surface area contributed by atoms with Gasteiger partial charge in [0.15, 0.2) is 0 Å². The van der Waals surface area contributed by atoms with Gasteiger partial charge in [0, 0.05) is 42.1 Å². The summed E-state index contributed by atoms with van der Waals surface area (Å²) >= 11 is 1.47. The smallest absolute Gasteiger partial charge is 0.270 e. The minimum atomic E-state index is -0.400. The first kappa shape index (κ1) is 18.7. The minimum absolute atomic E-state index is 0.00608. The van der Waals surface area contributed by atoms with Crippen molar-refractivity contribution < 1.29 is 9.72 Å². The van der Waals surface area contributed by atoms with Crippen LogP contribution >= 0.6 is 11.3 Å². The van der Waals surface area contributed by atoms with Gasteiger partial charge in [0.1, 0.15) is 5.01 Å². The lowest BCUT2D eigenvalue weighted by molar-refractivity contribution is -0.384. The van der Waals surface area contributed by atoms with E-state index in [0.717, 1.165) is 34.7 Å². The normalized spacial score (nSPS) is 10.6. The van der Waals surface area contributed by atoms with Crippen molar-refractivity contribution in [2.24, 2.45) is 0 Å². The molecule has 0 bridgehead atoms. The van der Waals surface area contributed by atoms with Crippen LogP contribution in [0.5, 0.6) is 0 Å². The Kier molecular flexibility index (Phi) is 5.93. The average molecular weight is 381 g/mol. The summed E-state index contributed by atoms with van der Waals surface area (Å²) in [5, 5.41) is 16.4. The van der Waals surface area contributed by atoms with Crippen molar-refractivity contribution in [1.82, 2.24) is 10.3 Å². The lowest BCUT2D eigenvalue weighted by atomic mass is 10.1. The zero-order chi connectivity index (χ0) is 19.2. The summed E-state index contributed by atoms with van der Waals surface area (Å²) in [5.41, 5.74) is 3.88. The highest BCUT2D eigenvalue weighted by Gasteiger charge is 2.11. The van der Waals surface area contributed by atoms with E-state index in [1.807, 2.05) is 23.6 Å². The summed E-state index contributed by atoms with van der Waals surface area (Å²) in [7, 11) is 0. The van der Waals surface area contributed by atoms with E-state index in [4.69, 9.17) is 0 Å². The molecule has 0 fully saturated rings. The molecule has 0 radical (unpaired) electrons. The quantitative estimate of drug-likeness (QED) is 0.372. The second kappa shape index (κ2) is 8.55. The maximum Gasteiger partial charge on any atom is 0.270 e. The largest absolute Gasteiger partial charge is 0.356 e. The average Bonchev–Trinajstić information content (AvgIpc) is 3.16. The highest BCUT2D eigenvalue weighted by molar-refractivity contribution is 7.13. The van der Waals surface area contributed by atoms with Crippen LogP contribution < -0.4 is 5.32 Å². The molecule has 138 valence electrons. The molecule has 1 N–H and O–H groups in total. The summed E-state index contributed by atoms with van der Waals surface area (Å²) in [4.78, 5) is 26.0. The van der Waals surface area contributed by atoms with Crippen molar-refractivity contribution in [2.45, 2.75) is 19.8 Å². The molecule has 0 atom stereocenters. The molecular formula is C20H19N3O3S. The molecule has 3 aromatic rings. The lowest BCUT2D eigenvalue weighted by Crippen LogP contribution is -2.21. The van der Waals surface area contributed by atoms with Crippen LogP contribution in [0.1, 0.15) is 18.9 Å². The summed E-state index contributed by atoms with van der Waals surface area (Å²) in [5.74, 6) is -0.00608. The topological polar surface area (TPSA) is 85.1 Å². The number of carbonyl (C=O) groups is 1. The lowest BCUT2D eigenvalue weighted by Gasteiger charge is -2.04. The zero-order valence-electron chi connectivity index (χ0n) is 14.8. The van der Waals surface area contributed by atoms with Gasteiger partial charge in [-0.3, -0.25) is 14.9 Å². The van der Waals surface area contributed by atoms with Crippen molar-refractivity contribution >= 4 is 22.9 Å². The fourth-order valence-electron chi connectivity index (χ4n) is 2.69. The number of rotatable bonds is 7. The van der Waals surface area contributed by atoms with Crippen molar-refractivity contribution in [3.05, 3.63) is 69.6 Å². The van der Waals surface area contributed by atoms with Gasteiger partial charge in [-0.2, -0.15) is 0 Å². The van der Waals surface area contributed by atoms with Gasteiger partial charge in [-0.15, -0.1) is 11.3 Å². The molecule has 0 aliphatic carbocycles. The van der Waals surface area contributed by atoms with E-state index < -0.39 is 4.92 Å². The third-order valence-corrected chi connectivity index (χ3v) is 4.97. The fraction of sp³-hybridized carbons (Fsp3) is 0.200. The Morgan fingerprint density at radius 1 is 1.19 bits per heavy atom. The fourth-order valence-corrected chi connectivity index (χ4v) is 3.52. The standard InChI is InChI=1S/C20H19N3O3S/c1-14(24)21-11-3-4-15-7-9-16(10-8-15)19-13-27-20(22-19)17-5-2-6-18(12-17)23(25)26/h2,5-10,12-13H,3-4,11H2,1H3,(H,21,24). The van der Waals surface area contributed by atoms with Crippen LogP contribution in [0.4, 0.5) is 5.69 Å².